The van der Waals surface area contributed by atoms with Crippen LogP contribution in [0.3, 0.4) is 0 Å². The molecule has 2 heterocycles. The van der Waals surface area contributed by atoms with Crippen LogP contribution in [-0.4, -0.2) is 77.7 Å². The third-order valence-corrected chi connectivity index (χ3v) is 5.69. The van der Waals surface area contributed by atoms with Gasteiger partial charge in [-0.15, -0.1) is 0 Å². The third kappa shape index (κ3) is 4.47. The summed E-state index contributed by atoms with van der Waals surface area (Å²) in [6.07, 6.45) is -2.65. The summed E-state index contributed by atoms with van der Waals surface area (Å²) in [5, 5.41) is 13.7. The van der Waals surface area contributed by atoms with Gasteiger partial charge >= 0.3 is 5.97 Å². The number of rotatable bonds is 5. The highest BCUT2D eigenvalue weighted by atomic mass is 127. The molecule has 0 saturated carbocycles. The van der Waals surface area contributed by atoms with Crippen molar-refractivity contribution in [1.29, 1.82) is 0 Å². The molecule has 2 rings (SSSR count). The molecule has 9 nitrogen and oxygen atoms in total. The minimum Gasteiger partial charge on any atom is -0.465 e. The highest BCUT2D eigenvalue weighted by Crippen LogP contribution is 2.38. The van der Waals surface area contributed by atoms with Gasteiger partial charge in [0.1, 0.15) is 18.3 Å². The molecule has 2 saturated heterocycles. The van der Waals surface area contributed by atoms with Crippen LogP contribution in [0.25, 0.3) is 0 Å². The second-order valence-corrected chi connectivity index (χ2v) is 8.44. The summed E-state index contributed by atoms with van der Waals surface area (Å²) in [4.78, 5) is 23.9. The number of methoxy groups -OCH3 is 2. The van der Waals surface area contributed by atoms with E-state index in [1.54, 1.807) is 13.8 Å². The van der Waals surface area contributed by atoms with Gasteiger partial charge in [0.05, 0.1) is 19.8 Å². The second-order valence-electron chi connectivity index (χ2n) is 6.84. The van der Waals surface area contributed by atoms with Gasteiger partial charge in [-0.3, -0.25) is 4.79 Å². The van der Waals surface area contributed by atoms with Crippen molar-refractivity contribution in [1.82, 2.24) is 5.32 Å². The van der Waals surface area contributed by atoms with Crippen LogP contribution < -0.4 is 5.32 Å². The number of aliphatic hydroxyl groups is 1. The van der Waals surface area contributed by atoms with Crippen LogP contribution in [0.4, 0.5) is 0 Å². The summed E-state index contributed by atoms with van der Waals surface area (Å²) in [7, 11) is 2.57. The predicted octanol–water partition coefficient (Wildman–Crippen LogP) is 0.112. The minimum atomic E-state index is -1.67. The molecular formula is C16H26INO8. The Balaban J connectivity index is 2.31. The summed E-state index contributed by atoms with van der Waals surface area (Å²) < 4.78 is 27.0. The molecule has 6 atom stereocenters. The number of hydrogen-bond acceptors (Lipinski definition) is 8. The molecule has 0 spiro atoms. The van der Waals surface area contributed by atoms with E-state index in [9.17, 15) is 14.7 Å². The quantitative estimate of drug-likeness (QED) is 0.320. The number of carbonyl (C=O) groups is 2. The van der Waals surface area contributed by atoms with Crippen molar-refractivity contribution in [2.24, 2.45) is 0 Å². The Bertz CT molecular complexity index is 544. The lowest BCUT2D eigenvalue weighted by Gasteiger charge is -2.46. The molecule has 150 valence electrons. The van der Waals surface area contributed by atoms with E-state index < -0.39 is 41.9 Å². The first kappa shape index (κ1) is 21.8. The number of carbonyl (C=O) groups excluding carboxylic acids is 2. The fraction of sp³-hybridized carbons (Fsp3) is 0.875. The first-order chi connectivity index (χ1) is 12.0. The summed E-state index contributed by atoms with van der Waals surface area (Å²) >= 11 is 2.10. The molecule has 0 bridgehead atoms. The molecule has 10 heteroatoms. The number of halogens is 1. The predicted molar refractivity (Wildman–Crippen MR) is 97.6 cm³/mol. The average molecular weight is 487 g/mol. The number of ether oxygens (including phenoxy) is 5. The maximum atomic E-state index is 12.3. The van der Waals surface area contributed by atoms with Gasteiger partial charge in [-0.25, -0.2) is 4.79 Å². The molecule has 0 aromatic rings. The number of amides is 1. The van der Waals surface area contributed by atoms with Crippen LogP contribution in [0, 0.1) is 0 Å². The van der Waals surface area contributed by atoms with Crippen LogP contribution in [0.15, 0.2) is 0 Å². The van der Waals surface area contributed by atoms with Crippen LogP contribution in [0.5, 0.6) is 0 Å². The zero-order valence-electron chi connectivity index (χ0n) is 15.5. The van der Waals surface area contributed by atoms with E-state index in [1.165, 1.54) is 21.1 Å². The zero-order chi connectivity index (χ0) is 19.7. The molecule has 1 amide bonds. The fourth-order valence-corrected chi connectivity index (χ4v) is 4.39. The zero-order valence-corrected chi connectivity index (χ0v) is 17.6. The van der Waals surface area contributed by atoms with Crippen LogP contribution in [-0.2, 0) is 33.3 Å². The van der Waals surface area contributed by atoms with E-state index in [2.05, 4.69) is 27.9 Å². The molecule has 2 fully saturated rings. The molecule has 2 aliphatic rings. The van der Waals surface area contributed by atoms with E-state index in [4.69, 9.17) is 23.7 Å². The largest absolute Gasteiger partial charge is 0.465 e. The van der Waals surface area contributed by atoms with Gasteiger partial charge in [-0.05, 0) is 13.8 Å². The highest BCUT2D eigenvalue weighted by molar-refractivity contribution is 14.1. The lowest BCUT2D eigenvalue weighted by molar-refractivity contribution is -0.289. The van der Waals surface area contributed by atoms with Crippen LogP contribution >= 0.6 is 22.6 Å². The van der Waals surface area contributed by atoms with Crippen molar-refractivity contribution in [2.45, 2.75) is 67.0 Å². The van der Waals surface area contributed by atoms with Gasteiger partial charge in [-0.2, -0.15) is 0 Å². The van der Waals surface area contributed by atoms with E-state index >= 15 is 0 Å². The first-order valence-corrected chi connectivity index (χ1v) is 9.52. The third-order valence-electron chi connectivity index (χ3n) is 4.48. The smallest absolute Gasteiger partial charge is 0.366 e. The Hall–Kier alpha value is -0.530. The number of aliphatic hydroxyl groups excluding tert-OH is 1. The van der Waals surface area contributed by atoms with Gasteiger partial charge < -0.3 is 34.1 Å². The monoisotopic (exact) mass is 487 g/mol. The SMILES string of the molecule is COC(=O)[C@@]1(OC)C[C@H](I)[C@@H](NC(C)=O)[C@H]([C@H](O)[C@H]2COC(C)(C)O2)O1. The van der Waals surface area contributed by atoms with E-state index in [1.807, 2.05) is 0 Å². The topological polar surface area (TPSA) is 113 Å². The molecule has 0 unspecified atom stereocenters. The Morgan fingerprint density at radius 3 is 2.42 bits per heavy atom. The molecular weight excluding hydrogens is 461 g/mol. The molecule has 0 aliphatic carbocycles. The minimum absolute atomic E-state index is 0.151. The van der Waals surface area contributed by atoms with Crippen LogP contribution in [0.1, 0.15) is 27.2 Å². The molecule has 0 aromatic heterocycles. The average Bonchev–Trinajstić information content (AvgIpc) is 2.94. The highest BCUT2D eigenvalue weighted by Gasteiger charge is 2.56. The summed E-state index contributed by atoms with van der Waals surface area (Å²) in [6, 6.07) is -0.552. The summed E-state index contributed by atoms with van der Waals surface area (Å²) in [5.41, 5.74) is 0. The molecule has 0 radical (unpaired) electrons. The number of nitrogens with one attached hydrogen (secondary N) is 1. The molecule has 2 N–H and O–H groups in total. The van der Waals surface area contributed by atoms with Crippen molar-refractivity contribution in [3.8, 4) is 0 Å². The summed E-state index contributed by atoms with van der Waals surface area (Å²) in [5.74, 6) is -3.49. The first-order valence-electron chi connectivity index (χ1n) is 8.27. The maximum absolute atomic E-state index is 12.3. The molecule has 26 heavy (non-hydrogen) atoms. The van der Waals surface area contributed by atoms with Crippen molar-refractivity contribution in [3.05, 3.63) is 0 Å². The molecule has 2 aliphatic heterocycles. The molecule has 0 aromatic carbocycles. The van der Waals surface area contributed by atoms with Crippen molar-refractivity contribution in [2.75, 3.05) is 20.8 Å². The van der Waals surface area contributed by atoms with E-state index in [0.29, 0.717) is 0 Å². The van der Waals surface area contributed by atoms with Gasteiger partial charge in [0, 0.05) is 24.4 Å². The maximum Gasteiger partial charge on any atom is 0.366 e. The van der Waals surface area contributed by atoms with E-state index in [-0.39, 0.29) is 22.9 Å². The second kappa shape index (κ2) is 8.23. The lowest BCUT2D eigenvalue weighted by Crippen LogP contribution is -2.66. The van der Waals surface area contributed by atoms with Gasteiger partial charge in [0.25, 0.3) is 5.79 Å². The van der Waals surface area contributed by atoms with Crippen molar-refractivity contribution >= 4 is 34.5 Å². The normalized spacial score (nSPS) is 37.8. The Morgan fingerprint density at radius 2 is 1.96 bits per heavy atom. The Kier molecular flexibility index (Phi) is 6.89. The Morgan fingerprint density at radius 1 is 1.31 bits per heavy atom. The van der Waals surface area contributed by atoms with Crippen LogP contribution in [0.2, 0.25) is 0 Å². The fourth-order valence-electron chi connectivity index (χ4n) is 3.22. The number of esters is 1. The lowest BCUT2D eigenvalue weighted by atomic mass is 9.90. The van der Waals surface area contributed by atoms with Gasteiger partial charge in [-0.1, -0.05) is 22.6 Å². The van der Waals surface area contributed by atoms with Crippen molar-refractivity contribution in [3.63, 3.8) is 0 Å². The number of hydrogen-bond donors (Lipinski definition) is 2. The van der Waals surface area contributed by atoms with Gasteiger partial charge in [0.2, 0.25) is 5.91 Å². The van der Waals surface area contributed by atoms with Gasteiger partial charge in [0.15, 0.2) is 5.79 Å². The Labute approximate surface area is 166 Å². The van der Waals surface area contributed by atoms with E-state index in [0.717, 1.165) is 0 Å². The summed E-state index contributed by atoms with van der Waals surface area (Å²) in [6.45, 7) is 5.01. The number of alkyl halides is 1. The standard InChI is InChI=1S/C16H26INO8/c1-8(19)18-11-9(17)6-16(23-5,14(21)22-4)26-13(11)12(20)10-7-24-15(2,3)25-10/h9-13,20H,6-7H2,1-5H3,(H,18,19)/t9-,10+,11+,12+,13+,16+/m0/s1. The van der Waals surface area contributed by atoms with Crippen molar-refractivity contribution < 1.29 is 38.4 Å².